The molecule has 0 radical (unpaired) electrons. The quantitative estimate of drug-likeness (QED) is 0.843. The van der Waals surface area contributed by atoms with Gasteiger partial charge in [0.2, 0.25) is 0 Å². The van der Waals surface area contributed by atoms with Gasteiger partial charge in [-0.05, 0) is 37.6 Å². The first-order valence-electron chi connectivity index (χ1n) is 7.37. The number of likely N-dealkylation sites (N-methyl/N-ethyl adjacent to an activating group) is 1. The molecule has 0 aromatic heterocycles. The standard InChI is InChI=1S/C18H21BrN2O/c1-13-5-4-6-15(9-13)11-21(3)12-18(22)20-17-8-7-16(19)10-14(17)2/h4-10H,11-12H2,1-3H3,(H,20,22)/p+1. The van der Waals surface area contributed by atoms with E-state index in [0.717, 1.165) is 27.2 Å². The first kappa shape index (κ1) is 16.7. The molecular weight excluding hydrogens is 340 g/mol. The van der Waals surface area contributed by atoms with Crippen LogP contribution < -0.4 is 10.2 Å². The molecule has 0 aliphatic rings. The number of halogens is 1. The summed E-state index contributed by atoms with van der Waals surface area (Å²) < 4.78 is 1.02. The Labute approximate surface area is 140 Å². The van der Waals surface area contributed by atoms with Crippen molar-refractivity contribution in [1.29, 1.82) is 0 Å². The molecule has 2 rings (SSSR count). The van der Waals surface area contributed by atoms with E-state index in [4.69, 9.17) is 0 Å². The SMILES string of the molecule is Cc1cccc(C[NH+](C)CC(=O)Nc2ccc(Br)cc2C)c1. The lowest BCUT2D eigenvalue weighted by Crippen LogP contribution is -3.08. The summed E-state index contributed by atoms with van der Waals surface area (Å²) in [5.41, 5.74) is 4.43. The van der Waals surface area contributed by atoms with E-state index >= 15 is 0 Å². The van der Waals surface area contributed by atoms with Gasteiger partial charge in [-0.15, -0.1) is 0 Å². The van der Waals surface area contributed by atoms with Crippen molar-refractivity contribution < 1.29 is 9.69 Å². The van der Waals surface area contributed by atoms with Gasteiger partial charge in [-0.1, -0.05) is 45.8 Å². The lowest BCUT2D eigenvalue weighted by Gasteiger charge is -2.15. The van der Waals surface area contributed by atoms with Crippen molar-refractivity contribution in [2.75, 3.05) is 18.9 Å². The summed E-state index contributed by atoms with van der Waals surface area (Å²) in [5.74, 6) is 0.0376. The summed E-state index contributed by atoms with van der Waals surface area (Å²) >= 11 is 3.43. The summed E-state index contributed by atoms with van der Waals surface area (Å²) in [6, 6.07) is 14.3. The van der Waals surface area contributed by atoms with E-state index in [1.807, 2.05) is 32.2 Å². The highest BCUT2D eigenvalue weighted by atomic mass is 79.9. The number of hydrogen-bond donors (Lipinski definition) is 2. The minimum atomic E-state index is 0.0376. The molecule has 4 heteroatoms. The highest BCUT2D eigenvalue weighted by Crippen LogP contribution is 2.19. The second-order valence-electron chi connectivity index (χ2n) is 5.81. The number of quaternary nitrogens is 1. The van der Waals surface area contributed by atoms with Crippen molar-refractivity contribution >= 4 is 27.5 Å². The maximum atomic E-state index is 12.2. The molecule has 0 saturated heterocycles. The van der Waals surface area contributed by atoms with Crippen molar-refractivity contribution in [3.8, 4) is 0 Å². The molecule has 1 amide bonds. The third kappa shape index (κ3) is 4.97. The highest BCUT2D eigenvalue weighted by molar-refractivity contribution is 9.10. The summed E-state index contributed by atoms with van der Waals surface area (Å²) in [6.45, 7) is 5.36. The van der Waals surface area contributed by atoms with Crippen molar-refractivity contribution in [3.63, 3.8) is 0 Å². The number of rotatable bonds is 5. The summed E-state index contributed by atoms with van der Waals surface area (Å²) in [7, 11) is 2.04. The molecule has 0 fully saturated rings. The molecule has 0 saturated carbocycles. The monoisotopic (exact) mass is 361 g/mol. The lowest BCUT2D eigenvalue weighted by molar-refractivity contribution is -0.885. The Morgan fingerprint density at radius 1 is 1.18 bits per heavy atom. The molecule has 0 spiro atoms. The third-order valence-electron chi connectivity index (χ3n) is 3.51. The van der Waals surface area contributed by atoms with Crippen LogP contribution in [0.25, 0.3) is 0 Å². The molecule has 0 aliphatic carbocycles. The number of aryl methyl sites for hydroxylation is 2. The zero-order valence-corrected chi connectivity index (χ0v) is 14.8. The first-order valence-corrected chi connectivity index (χ1v) is 8.16. The van der Waals surface area contributed by atoms with Gasteiger partial charge in [0, 0.05) is 15.7 Å². The van der Waals surface area contributed by atoms with Crippen molar-refractivity contribution in [2.24, 2.45) is 0 Å². The van der Waals surface area contributed by atoms with Gasteiger partial charge in [0.15, 0.2) is 6.54 Å². The Kier molecular flexibility index (Phi) is 5.75. The molecule has 0 bridgehead atoms. The second-order valence-corrected chi connectivity index (χ2v) is 6.72. The van der Waals surface area contributed by atoms with Crippen LogP contribution in [0.1, 0.15) is 16.7 Å². The predicted octanol–water partition coefficient (Wildman–Crippen LogP) is 2.72. The molecular formula is C18H22BrN2O+. The summed E-state index contributed by atoms with van der Waals surface area (Å²) in [5, 5.41) is 2.98. The van der Waals surface area contributed by atoms with Crippen LogP contribution in [0.4, 0.5) is 5.69 Å². The lowest BCUT2D eigenvalue weighted by atomic mass is 10.1. The van der Waals surface area contributed by atoms with Crippen molar-refractivity contribution in [2.45, 2.75) is 20.4 Å². The molecule has 2 aromatic carbocycles. The van der Waals surface area contributed by atoms with Crippen LogP contribution in [-0.4, -0.2) is 19.5 Å². The zero-order chi connectivity index (χ0) is 16.1. The third-order valence-corrected chi connectivity index (χ3v) is 4.01. The van der Waals surface area contributed by atoms with Gasteiger partial charge >= 0.3 is 0 Å². The highest BCUT2D eigenvalue weighted by Gasteiger charge is 2.12. The van der Waals surface area contributed by atoms with E-state index in [-0.39, 0.29) is 5.91 Å². The first-order chi connectivity index (χ1) is 10.4. The minimum Gasteiger partial charge on any atom is -0.326 e. The minimum absolute atomic E-state index is 0.0376. The fraction of sp³-hybridized carbons (Fsp3) is 0.278. The van der Waals surface area contributed by atoms with Gasteiger partial charge in [-0.3, -0.25) is 4.79 Å². The largest absolute Gasteiger partial charge is 0.326 e. The zero-order valence-electron chi connectivity index (χ0n) is 13.2. The normalized spacial score (nSPS) is 12.0. The fourth-order valence-corrected chi connectivity index (χ4v) is 2.94. The number of benzene rings is 2. The van der Waals surface area contributed by atoms with E-state index < -0.39 is 0 Å². The molecule has 22 heavy (non-hydrogen) atoms. The molecule has 0 aliphatic heterocycles. The summed E-state index contributed by atoms with van der Waals surface area (Å²) in [6.07, 6.45) is 0. The molecule has 0 heterocycles. The Morgan fingerprint density at radius 2 is 1.95 bits per heavy atom. The predicted molar refractivity (Wildman–Crippen MR) is 94.1 cm³/mol. The van der Waals surface area contributed by atoms with E-state index in [2.05, 4.69) is 52.4 Å². The fourth-order valence-electron chi connectivity index (χ4n) is 2.47. The van der Waals surface area contributed by atoms with Gasteiger partial charge in [0.05, 0.1) is 7.05 Å². The van der Waals surface area contributed by atoms with E-state index in [1.54, 1.807) is 0 Å². The van der Waals surface area contributed by atoms with Gasteiger partial charge in [-0.25, -0.2) is 0 Å². The van der Waals surface area contributed by atoms with Crippen LogP contribution in [0, 0.1) is 13.8 Å². The topological polar surface area (TPSA) is 33.5 Å². The Balaban J connectivity index is 1.91. The number of anilines is 1. The maximum absolute atomic E-state index is 12.2. The van der Waals surface area contributed by atoms with Crippen LogP contribution in [0.15, 0.2) is 46.9 Å². The Bertz CT molecular complexity index is 670. The number of amides is 1. The number of nitrogens with one attached hydrogen (secondary N) is 2. The Hall–Kier alpha value is -1.65. The van der Waals surface area contributed by atoms with Crippen LogP contribution >= 0.6 is 15.9 Å². The smallest absolute Gasteiger partial charge is 0.279 e. The molecule has 116 valence electrons. The van der Waals surface area contributed by atoms with Gasteiger partial charge < -0.3 is 10.2 Å². The number of carbonyl (C=O) groups is 1. The van der Waals surface area contributed by atoms with Crippen LogP contribution in [-0.2, 0) is 11.3 Å². The average Bonchev–Trinajstić information content (AvgIpc) is 2.41. The van der Waals surface area contributed by atoms with E-state index in [1.165, 1.54) is 11.1 Å². The second kappa shape index (κ2) is 7.56. The molecule has 1 unspecified atom stereocenters. The van der Waals surface area contributed by atoms with Gasteiger partial charge in [0.1, 0.15) is 6.54 Å². The molecule has 1 atom stereocenters. The average molecular weight is 362 g/mol. The van der Waals surface area contributed by atoms with Crippen LogP contribution in [0.2, 0.25) is 0 Å². The van der Waals surface area contributed by atoms with Gasteiger partial charge in [-0.2, -0.15) is 0 Å². The van der Waals surface area contributed by atoms with Crippen LogP contribution in [0.3, 0.4) is 0 Å². The number of carbonyl (C=O) groups excluding carboxylic acids is 1. The Morgan fingerprint density at radius 3 is 2.64 bits per heavy atom. The maximum Gasteiger partial charge on any atom is 0.279 e. The van der Waals surface area contributed by atoms with E-state index in [0.29, 0.717) is 6.54 Å². The number of hydrogen-bond acceptors (Lipinski definition) is 1. The van der Waals surface area contributed by atoms with E-state index in [9.17, 15) is 4.79 Å². The molecule has 2 N–H and O–H groups in total. The van der Waals surface area contributed by atoms with Crippen molar-refractivity contribution in [3.05, 3.63) is 63.6 Å². The molecule has 2 aromatic rings. The van der Waals surface area contributed by atoms with Crippen LogP contribution in [0.5, 0.6) is 0 Å². The molecule has 3 nitrogen and oxygen atoms in total. The van der Waals surface area contributed by atoms with Gasteiger partial charge in [0.25, 0.3) is 5.91 Å². The summed E-state index contributed by atoms with van der Waals surface area (Å²) in [4.78, 5) is 13.3. The van der Waals surface area contributed by atoms with Crippen molar-refractivity contribution in [1.82, 2.24) is 0 Å².